The maximum atomic E-state index is 12.9. The third-order valence-electron chi connectivity index (χ3n) is 4.74. The largest absolute Gasteiger partial charge is 0.480 e. The van der Waals surface area contributed by atoms with Crippen LogP contribution in [-0.2, 0) is 17.6 Å². The lowest BCUT2D eigenvalue weighted by atomic mass is 9.89. The third-order valence-corrected chi connectivity index (χ3v) is 5.83. The Morgan fingerprint density at radius 1 is 1.29 bits per heavy atom. The van der Waals surface area contributed by atoms with Crippen LogP contribution in [0, 0.1) is 5.92 Å². The Morgan fingerprint density at radius 2 is 2.05 bits per heavy atom. The smallest absolute Gasteiger partial charge is 0.326 e. The van der Waals surface area contributed by atoms with Crippen molar-refractivity contribution in [2.45, 2.75) is 51.5 Å². The minimum absolute atomic E-state index is 0.0228. The van der Waals surface area contributed by atoms with Gasteiger partial charge in [-0.1, -0.05) is 6.92 Å². The standard InChI is InChI=1S/C16H21NO3S/c1-10-5-4-8-17(14(10)16(19)20)15(18)12-9-21-13-7-3-2-6-11(12)13/h9-10,14H,2-8H2,1H3,(H,19,20). The molecule has 1 aromatic rings. The van der Waals surface area contributed by atoms with Gasteiger partial charge in [0, 0.05) is 16.8 Å². The van der Waals surface area contributed by atoms with E-state index in [9.17, 15) is 14.7 Å². The van der Waals surface area contributed by atoms with E-state index in [-0.39, 0.29) is 11.8 Å². The minimum atomic E-state index is -0.875. The highest BCUT2D eigenvalue weighted by Gasteiger charge is 2.38. The van der Waals surface area contributed by atoms with E-state index >= 15 is 0 Å². The Labute approximate surface area is 128 Å². The molecule has 4 nitrogen and oxygen atoms in total. The number of hydrogen-bond donors (Lipinski definition) is 1. The summed E-state index contributed by atoms with van der Waals surface area (Å²) in [7, 11) is 0. The molecule has 0 radical (unpaired) electrons. The zero-order valence-electron chi connectivity index (χ0n) is 12.3. The van der Waals surface area contributed by atoms with E-state index in [0.29, 0.717) is 6.54 Å². The fourth-order valence-electron chi connectivity index (χ4n) is 3.62. The van der Waals surface area contributed by atoms with Crippen molar-refractivity contribution >= 4 is 23.2 Å². The molecule has 1 aliphatic heterocycles. The molecule has 2 unspecified atom stereocenters. The van der Waals surface area contributed by atoms with Gasteiger partial charge in [-0.2, -0.15) is 0 Å². The zero-order chi connectivity index (χ0) is 15.0. The summed E-state index contributed by atoms with van der Waals surface area (Å²) < 4.78 is 0. The first-order valence-corrected chi connectivity index (χ1v) is 8.60. The van der Waals surface area contributed by atoms with Crippen LogP contribution in [0.1, 0.15) is 53.4 Å². The van der Waals surface area contributed by atoms with Crippen LogP contribution >= 0.6 is 11.3 Å². The molecule has 2 heterocycles. The van der Waals surface area contributed by atoms with Crippen molar-refractivity contribution in [3.05, 3.63) is 21.4 Å². The molecule has 1 amide bonds. The molecule has 114 valence electrons. The Balaban J connectivity index is 1.90. The fraction of sp³-hybridized carbons (Fsp3) is 0.625. The summed E-state index contributed by atoms with van der Waals surface area (Å²) in [5.74, 6) is -0.928. The molecule has 1 aliphatic carbocycles. The molecule has 5 heteroatoms. The summed E-state index contributed by atoms with van der Waals surface area (Å²) in [4.78, 5) is 27.3. The van der Waals surface area contributed by atoms with Crippen molar-refractivity contribution in [3.63, 3.8) is 0 Å². The number of hydrogen-bond acceptors (Lipinski definition) is 3. The first-order valence-electron chi connectivity index (χ1n) is 7.72. The summed E-state index contributed by atoms with van der Waals surface area (Å²) in [6.07, 6.45) is 6.11. The second-order valence-corrected chi connectivity index (χ2v) is 7.12. The number of carboxylic acids is 1. The van der Waals surface area contributed by atoms with Crippen molar-refractivity contribution in [2.24, 2.45) is 5.92 Å². The van der Waals surface area contributed by atoms with Gasteiger partial charge in [0.2, 0.25) is 0 Å². The van der Waals surface area contributed by atoms with Crippen LogP contribution < -0.4 is 0 Å². The second-order valence-electron chi connectivity index (χ2n) is 6.16. The molecule has 21 heavy (non-hydrogen) atoms. The van der Waals surface area contributed by atoms with E-state index in [0.717, 1.165) is 37.7 Å². The lowest BCUT2D eigenvalue weighted by Gasteiger charge is -2.37. The van der Waals surface area contributed by atoms with E-state index in [1.807, 2.05) is 12.3 Å². The van der Waals surface area contributed by atoms with Crippen molar-refractivity contribution in [1.29, 1.82) is 0 Å². The number of carboxylic acid groups (broad SMARTS) is 1. The number of nitrogens with zero attached hydrogens (tertiary/aromatic N) is 1. The normalized spacial score (nSPS) is 25.5. The summed E-state index contributed by atoms with van der Waals surface area (Å²) in [6.45, 7) is 2.49. The average molecular weight is 307 g/mol. The molecular weight excluding hydrogens is 286 g/mol. The topological polar surface area (TPSA) is 57.6 Å². The molecule has 1 fully saturated rings. The van der Waals surface area contributed by atoms with Crippen LogP contribution in [0.15, 0.2) is 5.38 Å². The number of rotatable bonds is 2. The van der Waals surface area contributed by atoms with Gasteiger partial charge in [-0.15, -0.1) is 11.3 Å². The Kier molecular flexibility index (Phi) is 4.02. The summed E-state index contributed by atoms with van der Waals surface area (Å²) in [5.41, 5.74) is 1.94. The molecular formula is C16H21NO3S. The maximum absolute atomic E-state index is 12.9. The number of aliphatic carboxylic acids is 1. The fourth-order valence-corrected chi connectivity index (χ4v) is 4.74. The van der Waals surface area contributed by atoms with Gasteiger partial charge in [-0.3, -0.25) is 4.79 Å². The molecule has 2 atom stereocenters. The van der Waals surface area contributed by atoms with Crippen LogP contribution in [0.4, 0.5) is 0 Å². The second kappa shape index (κ2) is 5.79. The molecule has 0 bridgehead atoms. The van der Waals surface area contributed by atoms with Gasteiger partial charge in [0.25, 0.3) is 5.91 Å². The predicted molar refractivity (Wildman–Crippen MR) is 81.8 cm³/mol. The van der Waals surface area contributed by atoms with Crippen molar-refractivity contribution in [3.8, 4) is 0 Å². The van der Waals surface area contributed by atoms with Gasteiger partial charge in [0.1, 0.15) is 6.04 Å². The average Bonchev–Trinajstić information content (AvgIpc) is 2.89. The lowest BCUT2D eigenvalue weighted by molar-refractivity contribution is -0.145. The van der Waals surface area contributed by atoms with Crippen LogP contribution in [0.5, 0.6) is 0 Å². The summed E-state index contributed by atoms with van der Waals surface area (Å²) in [6, 6.07) is -0.676. The van der Waals surface area contributed by atoms with E-state index in [4.69, 9.17) is 0 Å². The first kappa shape index (κ1) is 14.6. The number of amides is 1. The number of fused-ring (bicyclic) bond motifs is 1. The predicted octanol–water partition coefficient (Wildman–Crippen LogP) is 2.95. The van der Waals surface area contributed by atoms with Gasteiger partial charge in [0.15, 0.2) is 0 Å². The van der Waals surface area contributed by atoms with E-state index < -0.39 is 12.0 Å². The molecule has 2 aliphatic rings. The Morgan fingerprint density at radius 3 is 2.81 bits per heavy atom. The number of carbonyl (C=O) groups excluding carboxylic acids is 1. The zero-order valence-corrected chi connectivity index (χ0v) is 13.1. The number of piperidine rings is 1. The van der Waals surface area contributed by atoms with Gasteiger partial charge in [0.05, 0.1) is 5.56 Å². The monoisotopic (exact) mass is 307 g/mol. The lowest BCUT2D eigenvalue weighted by Crippen LogP contribution is -2.52. The highest BCUT2D eigenvalue weighted by atomic mass is 32.1. The van der Waals surface area contributed by atoms with Crippen LogP contribution in [0.2, 0.25) is 0 Å². The Bertz CT molecular complexity index is 566. The highest BCUT2D eigenvalue weighted by molar-refractivity contribution is 7.10. The van der Waals surface area contributed by atoms with Crippen molar-refractivity contribution in [2.75, 3.05) is 6.54 Å². The number of carbonyl (C=O) groups is 2. The molecule has 0 saturated carbocycles. The highest BCUT2D eigenvalue weighted by Crippen LogP contribution is 2.33. The molecule has 0 aromatic carbocycles. The van der Waals surface area contributed by atoms with Crippen molar-refractivity contribution < 1.29 is 14.7 Å². The van der Waals surface area contributed by atoms with Gasteiger partial charge >= 0.3 is 5.97 Å². The SMILES string of the molecule is CC1CCCN(C(=O)c2csc3c2CCCC3)C1C(=O)O. The molecule has 0 spiro atoms. The maximum Gasteiger partial charge on any atom is 0.326 e. The van der Waals surface area contributed by atoms with Crippen LogP contribution in [-0.4, -0.2) is 34.5 Å². The number of thiophene rings is 1. The van der Waals surface area contributed by atoms with E-state index in [1.54, 1.807) is 16.2 Å². The molecule has 1 saturated heterocycles. The van der Waals surface area contributed by atoms with Crippen molar-refractivity contribution in [1.82, 2.24) is 4.90 Å². The Hall–Kier alpha value is -1.36. The molecule has 3 rings (SSSR count). The quantitative estimate of drug-likeness (QED) is 0.914. The number of likely N-dealkylation sites (tertiary alicyclic amines) is 1. The minimum Gasteiger partial charge on any atom is -0.480 e. The van der Waals surface area contributed by atoms with E-state index in [2.05, 4.69) is 0 Å². The van der Waals surface area contributed by atoms with Gasteiger partial charge < -0.3 is 10.0 Å². The summed E-state index contributed by atoms with van der Waals surface area (Å²) in [5, 5.41) is 11.4. The molecule has 1 aromatic heterocycles. The molecule has 1 N–H and O–H groups in total. The van der Waals surface area contributed by atoms with E-state index in [1.165, 1.54) is 16.9 Å². The van der Waals surface area contributed by atoms with Crippen LogP contribution in [0.25, 0.3) is 0 Å². The van der Waals surface area contributed by atoms with Gasteiger partial charge in [-0.25, -0.2) is 4.79 Å². The first-order chi connectivity index (χ1) is 10.1. The summed E-state index contributed by atoms with van der Waals surface area (Å²) >= 11 is 1.66. The number of aryl methyl sites for hydroxylation is 1. The van der Waals surface area contributed by atoms with Gasteiger partial charge in [-0.05, 0) is 50.0 Å². The third kappa shape index (κ3) is 2.59. The van der Waals surface area contributed by atoms with Crippen LogP contribution in [0.3, 0.4) is 0 Å².